The summed E-state index contributed by atoms with van der Waals surface area (Å²) in [5.74, 6) is -1.20. The average molecular weight is 633 g/mol. The van der Waals surface area contributed by atoms with E-state index in [1.165, 1.54) is 0 Å². The first-order valence-electron chi connectivity index (χ1n) is 15.0. The molecule has 5 atom stereocenters. The number of aryl methyl sites for hydroxylation is 1. The highest BCUT2D eigenvalue weighted by Gasteiger charge is 2.55. The molecule has 1 aliphatic heterocycles. The Morgan fingerprint density at radius 3 is 2.19 bits per heavy atom. The minimum Gasteiger partial charge on any atom is -0.388 e. The minimum atomic E-state index is -4.03. The van der Waals surface area contributed by atoms with Crippen LogP contribution in [0.1, 0.15) is 72.3 Å². The van der Waals surface area contributed by atoms with Crippen LogP contribution in [0.2, 0.25) is 0 Å². The topological polar surface area (TPSA) is 116 Å². The van der Waals surface area contributed by atoms with E-state index in [9.17, 15) is 21.9 Å². The third kappa shape index (κ3) is 6.24. The lowest BCUT2D eigenvalue weighted by molar-refractivity contribution is -0.158. The first-order valence-corrected chi connectivity index (χ1v) is 17.9. The van der Waals surface area contributed by atoms with Crippen molar-refractivity contribution in [3.8, 4) is 0 Å². The number of aliphatic hydroxyl groups excluding tert-OH is 1. The van der Waals surface area contributed by atoms with Crippen LogP contribution in [0, 0.1) is 24.2 Å². The smallest absolute Gasteiger partial charge is 0.296 e. The van der Waals surface area contributed by atoms with Gasteiger partial charge >= 0.3 is 0 Å². The van der Waals surface area contributed by atoms with Gasteiger partial charge in [0.2, 0.25) is 9.84 Å². The molecular formula is C33H44O8S2. The van der Waals surface area contributed by atoms with Gasteiger partial charge in [-0.15, -0.1) is 0 Å². The molecule has 1 saturated carbocycles. The second kappa shape index (κ2) is 11.4. The van der Waals surface area contributed by atoms with Gasteiger partial charge in [0, 0.05) is 0 Å². The molecule has 0 bridgehead atoms. The number of hydrogen-bond acceptors (Lipinski definition) is 8. The van der Waals surface area contributed by atoms with Gasteiger partial charge in [0.05, 0.1) is 39.1 Å². The van der Waals surface area contributed by atoms with E-state index in [4.69, 9.17) is 13.7 Å². The van der Waals surface area contributed by atoms with Crippen molar-refractivity contribution in [3.05, 3.63) is 70.6 Å². The minimum absolute atomic E-state index is 0.0799. The summed E-state index contributed by atoms with van der Waals surface area (Å²) in [6.45, 7) is 11.5. The fourth-order valence-corrected chi connectivity index (χ4v) is 10.4. The highest BCUT2D eigenvalue weighted by molar-refractivity contribution is 7.95. The van der Waals surface area contributed by atoms with Gasteiger partial charge in [-0.3, -0.25) is 4.18 Å². The molecule has 1 heterocycles. The van der Waals surface area contributed by atoms with E-state index in [0.717, 1.165) is 11.1 Å². The number of sulfone groups is 1. The second-order valence-corrected chi connectivity index (χ2v) is 17.1. The molecule has 5 rings (SSSR count). The summed E-state index contributed by atoms with van der Waals surface area (Å²) < 4.78 is 72.6. The summed E-state index contributed by atoms with van der Waals surface area (Å²) in [4.78, 5) is 0.353. The van der Waals surface area contributed by atoms with Crippen molar-refractivity contribution < 1.29 is 35.6 Å². The van der Waals surface area contributed by atoms with Crippen LogP contribution >= 0.6 is 0 Å². The van der Waals surface area contributed by atoms with E-state index in [-0.39, 0.29) is 39.2 Å². The number of rotatable bonds is 9. The maximum atomic E-state index is 13.9. The Balaban J connectivity index is 1.52. The molecule has 1 saturated heterocycles. The molecular weight excluding hydrogens is 588 g/mol. The molecule has 2 aromatic carbocycles. The molecule has 1 N–H and O–H groups in total. The Bertz CT molecular complexity index is 1580. The lowest BCUT2D eigenvalue weighted by atomic mass is 9.65. The van der Waals surface area contributed by atoms with E-state index in [1.54, 1.807) is 54.6 Å². The molecule has 0 spiro atoms. The fourth-order valence-electron chi connectivity index (χ4n) is 7.57. The maximum Gasteiger partial charge on any atom is 0.296 e. The Kier molecular flexibility index (Phi) is 8.55. The standard InChI is InChI=1S/C33H44O8S2/c1-22-12-14-25(15-13-22)43(37,38)39-21-23(20-29-31(2,3)41-32(4,5)40-29)26-16-17-27-30(28(34)18-19-33(26,27)6)42(35,36)24-10-8-7-9-11-24/h7-15,23,26,28-29,34H,16-21H2,1-6H3/t23-,26+,28-,29+,33+/m1/s1. The monoisotopic (exact) mass is 632 g/mol. The summed E-state index contributed by atoms with van der Waals surface area (Å²) >= 11 is 0. The summed E-state index contributed by atoms with van der Waals surface area (Å²) in [6, 6.07) is 14.8. The van der Waals surface area contributed by atoms with Gasteiger partial charge in [0.15, 0.2) is 5.79 Å². The SMILES string of the molecule is Cc1ccc(S(=O)(=O)OC[C@@H](C[C@@H]2OC(C)(C)OC2(C)C)[C@@H]2CCC3=C(S(=O)(=O)c4ccccc4)[C@H](O)CC[C@]32C)cc1. The van der Waals surface area contributed by atoms with Crippen LogP contribution in [0.25, 0.3) is 0 Å². The summed E-state index contributed by atoms with van der Waals surface area (Å²) in [6.07, 6.45) is 1.07. The lowest BCUT2D eigenvalue weighted by Crippen LogP contribution is -2.42. The van der Waals surface area contributed by atoms with E-state index >= 15 is 0 Å². The van der Waals surface area contributed by atoms with Crippen molar-refractivity contribution in [1.29, 1.82) is 0 Å². The van der Waals surface area contributed by atoms with Gasteiger partial charge in [-0.25, -0.2) is 8.42 Å². The molecule has 0 radical (unpaired) electrons. The number of ether oxygens (including phenoxy) is 2. The summed E-state index contributed by atoms with van der Waals surface area (Å²) in [5.41, 5.74) is 0.492. The van der Waals surface area contributed by atoms with Crippen LogP contribution in [0.5, 0.6) is 0 Å². The summed E-state index contributed by atoms with van der Waals surface area (Å²) in [7, 11) is -7.96. The molecule has 0 unspecified atom stereocenters. The van der Waals surface area contributed by atoms with Crippen molar-refractivity contribution in [3.63, 3.8) is 0 Å². The van der Waals surface area contributed by atoms with Gasteiger partial charge in [-0.05, 0) is 114 Å². The van der Waals surface area contributed by atoms with E-state index in [0.29, 0.717) is 32.1 Å². The lowest BCUT2D eigenvalue weighted by Gasteiger charge is -2.43. The van der Waals surface area contributed by atoms with Crippen LogP contribution in [-0.2, 0) is 33.6 Å². The molecule has 3 aliphatic rings. The molecule has 0 aromatic heterocycles. The molecule has 43 heavy (non-hydrogen) atoms. The van der Waals surface area contributed by atoms with Crippen molar-refractivity contribution in [2.75, 3.05) is 6.61 Å². The zero-order valence-electron chi connectivity index (χ0n) is 25.9. The molecule has 236 valence electrons. The van der Waals surface area contributed by atoms with Crippen LogP contribution in [0.15, 0.2) is 74.9 Å². The average Bonchev–Trinajstić information content (AvgIpc) is 3.37. The van der Waals surface area contributed by atoms with Crippen LogP contribution in [0.4, 0.5) is 0 Å². The first kappa shape index (κ1) is 32.3. The molecule has 2 aliphatic carbocycles. The first-order chi connectivity index (χ1) is 20.0. The summed E-state index contributed by atoms with van der Waals surface area (Å²) in [5, 5.41) is 11.1. The Hall–Kier alpha value is -2.08. The number of aliphatic hydroxyl groups is 1. The van der Waals surface area contributed by atoms with Crippen LogP contribution < -0.4 is 0 Å². The van der Waals surface area contributed by atoms with Crippen LogP contribution in [-0.4, -0.2) is 52.1 Å². The number of fused-ring (bicyclic) bond motifs is 1. The zero-order valence-corrected chi connectivity index (χ0v) is 27.5. The number of benzene rings is 2. The molecule has 0 amide bonds. The zero-order chi connectivity index (χ0) is 31.4. The van der Waals surface area contributed by atoms with Gasteiger partial charge < -0.3 is 14.6 Å². The van der Waals surface area contributed by atoms with Gasteiger partial charge in [-0.1, -0.05) is 42.8 Å². The van der Waals surface area contributed by atoms with Crippen molar-refractivity contribution in [2.24, 2.45) is 17.3 Å². The van der Waals surface area contributed by atoms with Gasteiger partial charge in [0.1, 0.15) is 0 Å². The number of allylic oxidation sites excluding steroid dienone is 1. The largest absolute Gasteiger partial charge is 0.388 e. The second-order valence-electron chi connectivity index (χ2n) is 13.5. The van der Waals surface area contributed by atoms with Crippen molar-refractivity contribution >= 4 is 20.0 Å². The third-order valence-electron chi connectivity index (χ3n) is 9.64. The predicted octanol–water partition coefficient (Wildman–Crippen LogP) is 5.94. The molecule has 2 aromatic rings. The van der Waals surface area contributed by atoms with Crippen LogP contribution in [0.3, 0.4) is 0 Å². The van der Waals surface area contributed by atoms with E-state index in [2.05, 4.69) is 6.92 Å². The normalized spacial score (nSPS) is 29.4. The van der Waals surface area contributed by atoms with E-state index < -0.39 is 42.9 Å². The highest BCUT2D eigenvalue weighted by atomic mass is 32.2. The fraction of sp³-hybridized carbons (Fsp3) is 0.576. The Morgan fingerprint density at radius 1 is 0.930 bits per heavy atom. The van der Waals surface area contributed by atoms with Gasteiger partial charge in [-0.2, -0.15) is 8.42 Å². The Labute approximate surface area is 256 Å². The van der Waals surface area contributed by atoms with Crippen molar-refractivity contribution in [1.82, 2.24) is 0 Å². The highest BCUT2D eigenvalue weighted by Crippen LogP contribution is 2.59. The number of hydrogen-bond donors (Lipinski definition) is 1. The molecule has 10 heteroatoms. The molecule has 2 fully saturated rings. The maximum absolute atomic E-state index is 13.9. The molecule has 8 nitrogen and oxygen atoms in total. The Morgan fingerprint density at radius 2 is 1.58 bits per heavy atom. The van der Waals surface area contributed by atoms with Gasteiger partial charge in [0.25, 0.3) is 10.1 Å². The quantitative estimate of drug-likeness (QED) is 0.338. The van der Waals surface area contributed by atoms with Crippen molar-refractivity contribution in [2.45, 2.75) is 107 Å². The third-order valence-corrected chi connectivity index (χ3v) is 12.9. The van der Waals surface area contributed by atoms with E-state index in [1.807, 2.05) is 34.6 Å². The predicted molar refractivity (Wildman–Crippen MR) is 163 cm³/mol.